The number of carbonyl (C=O) groups excluding carboxylic acids is 1. The van der Waals surface area contributed by atoms with Gasteiger partial charge in [-0.15, -0.1) is 11.3 Å². The van der Waals surface area contributed by atoms with Crippen molar-refractivity contribution in [3.8, 4) is 0 Å². The number of aromatic nitrogens is 1. The molecule has 0 aromatic carbocycles. The van der Waals surface area contributed by atoms with Crippen molar-refractivity contribution in [1.29, 1.82) is 0 Å². The van der Waals surface area contributed by atoms with Crippen molar-refractivity contribution >= 4 is 28.1 Å². The van der Waals surface area contributed by atoms with Crippen LogP contribution < -0.4 is 5.32 Å². The van der Waals surface area contributed by atoms with Crippen molar-refractivity contribution in [2.24, 2.45) is 11.1 Å². The lowest BCUT2D eigenvalue weighted by molar-refractivity contribution is -0.119. The molecule has 20 heavy (non-hydrogen) atoms. The third-order valence-electron chi connectivity index (χ3n) is 3.34. The van der Waals surface area contributed by atoms with E-state index in [4.69, 9.17) is 9.94 Å². The maximum absolute atomic E-state index is 11.9. The zero-order chi connectivity index (χ0) is 14.5. The Kier molecular flexibility index (Phi) is 5.08. The van der Waals surface area contributed by atoms with Crippen LogP contribution >= 0.6 is 11.3 Å². The van der Waals surface area contributed by atoms with Gasteiger partial charge in [-0.05, 0) is 32.6 Å². The van der Waals surface area contributed by atoms with Crippen LogP contribution in [0.3, 0.4) is 0 Å². The quantitative estimate of drug-likeness (QED) is 0.480. The number of hydrogen-bond acceptors (Lipinski definition) is 6. The standard InChI is InChI=1S/C13H19N3O3S/c1-3-19-10-4-9(5-10)6-12(17)15-13-14-11(7-20-13)8(2)16-18/h7,9-10,18H,3-6H2,1-2H3,(H,14,15,17). The highest BCUT2D eigenvalue weighted by atomic mass is 32.1. The van der Waals surface area contributed by atoms with E-state index >= 15 is 0 Å². The fraction of sp³-hybridized carbons (Fsp3) is 0.615. The summed E-state index contributed by atoms with van der Waals surface area (Å²) in [7, 11) is 0. The highest BCUT2D eigenvalue weighted by molar-refractivity contribution is 7.14. The second-order valence-electron chi connectivity index (χ2n) is 4.89. The largest absolute Gasteiger partial charge is 0.411 e. The molecule has 1 saturated carbocycles. The van der Waals surface area contributed by atoms with E-state index in [0.29, 0.717) is 35.0 Å². The summed E-state index contributed by atoms with van der Waals surface area (Å²) in [5.41, 5.74) is 1.01. The third-order valence-corrected chi connectivity index (χ3v) is 4.10. The molecule has 1 amide bonds. The number of thiazole rings is 1. The Morgan fingerprint density at radius 1 is 1.65 bits per heavy atom. The Morgan fingerprint density at radius 3 is 3.05 bits per heavy atom. The molecule has 1 aliphatic rings. The van der Waals surface area contributed by atoms with Crippen molar-refractivity contribution < 1.29 is 14.7 Å². The van der Waals surface area contributed by atoms with Crippen LogP contribution in [0.5, 0.6) is 0 Å². The van der Waals surface area contributed by atoms with Crippen LogP contribution in [0.4, 0.5) is 5.13 Å². The van der Waals surface area contributed by atoms with Gasteiger partial charge in [0.25, 0.3) is 0 Å². The molecule has 0 saturated heterocycles. The lowest BCUT2D eigenvalue weighted by atomic mass is 9.80. The molecular formula is C13H19N3O3S. The number of hydrogen-bond donors (Lipinski definition) is 2. The first-order chi connectivity index (χ1) is 9.62. The highest BCUT2D eigenvalue weighted by Crippen LogP contribution is 2.33. The van der Waals surface area contributed by atoms with E-state index in [1.54, 1.807) is 12.3 Å². The van der Waals surface area contributed by atoms with Crippen LogP contribution in [0.2, 0.25) is 0 Å². The molecule has 0 bridgehead atoms. The average Bonchev–Trinajstić information content (AvgIpc) is 2.83. The van der Waals surface area contributed by atoms with Crippen LogP contribution in [0.25, 0.3) is 0 Å². The molecular weight excluding hydrogens is 278 g/mol. The first-order valence-corrected chi connectivity index (χ1v) is 7.56. The number of nitrogens with one attached hydrogen (secondary N) is 1. The number of anilines is 1. The summed E-state index contributed by atoms with van der Waals surface area (Å²) in [5.74, 6) is 0.385. The van der Waals surface area contributed by atoms with E-state index in [1.807, 2.05) is 6.92 Å². The van der Waals surface area contributed by atoms with Crippen LogP contribution in [0, 0.1) is 5.92 Å². The van der Waals surface area contributed by atoms with Crippen LogP contribution in [-0.2, 0) is 9.53 Å². The molecule has 1 fully saturated rings. The van der Waals surface area contributed by atoms with Crippen LogP contribution in [0.1, 0.15) is 38.8 Å². The Labute approximate surface area is 121 Å². The average molecular weight is 297 g/mol. The Bertz CT molecular complexity index is 495. The molecule has 0 spiro atoms. The summed E-state index contributed by atoms with van der Waals surface area (Å²) in [6, 6.07) is 0. The molecule has 0 aliphatic heterocycles. The lowest BCUT2D eigenvalue weighted by Crippen LogP contribution is -2.33. The van der Waals surface area contributed by atoms with Gasteiger partial charge in [-0.3, -0.25) is 4.79 Å². The minimum atomic E-state index is -0.0237. The highest BCUT2D eigenvalue weighted by Gasteiger charge is 2.31. The van der Waals surface area contributed by atoms with Gasteiger partial charge in [-0.2, -0.15) is 0 Å². The van der Waals surface area contributed by atoms with Gasteiger partial charge in [0.1, 0.15) is 11.4 Å². The lowest BCUT2D eigenvalue weighted by Gasteiger charge is -2.34. The molecule has 1 aromatic rings. The first-order valence-electron chi connectivity index (χ1n) is 6.68. The SMILES string of the molecule is CCOC1CC(CC(=O)Nc2nc(C(C)=NO)cs2)C1. The number of amides is 1. The van der Waals surface area contributed by atoms with Gasteiger partial charge in [0.2, 0.25) is 5.91 Å². The van der Waals surface area contributed by atoms with Crippen LogP contribution in [0.15, 0.2) is 10.5 Å². The minimum Gasteiger partial charge on any atom is -0.411 e. The number of ether oxygens (including phenoxy) is 1. The van der Waals surface area contributed by atoms with E-state index in [2.05, 4.69) is 15.5 Å². The molecule has 0 unspecified atom stereocenters. The molecule has 110 valence electrons. The van der Waals surface area contributed by atoms with Crippen molar-refractivity contribution in [2.75, 3.05) is 11.9 Å². The Morgan fingerprint density at radius 2 is 2.40 bits per heavy atom. The zero-order valence-electron chi connectivity index (χ0n) is 11.6. The van der Waals surface area contributed by atoms with Gasteiger partial charge in [0.05, 0.1) is 6.10 Å². The maximum Gasteiger partial charge on any atom is 0.226 e. The summed E-state index contributed by atoms with van der Waals surface area (Å²) in [5, 5.41) is 16.8. The summed E-state index contributed by atoms with van der Waals surface area (Å²) in [4.78, 5) is 16.1. The summed E-state index contributed by atoms with van der Waals surface area (Å²) in [6.07, 6.45) is 2.75. The fourth-order valence-electron chi connectivity index (χ4n) is 2.19. The van der Waals surface area contributed by atoms with Gasteiger partial charge in [0, 0.05) is 18.4 Å². The summed E-state index contributed by atoms with van der Waals surface area (Å²) < 4.78 is 5.47. The van der Waals surface area contributed by atoms with E-state index in [0.717, 1.165) is 19.4 Å². The monoisotopic (exact) mass is 297 g/mol. The van der Waals surface area contributed by atoms with Crippen molar-refractivity contribution in [1.82, 2.24) is 4.98 Å². The van der Waals surface area contributed by atoms with Crippen molar-refractivity contribution in [3.05, 3.63) is 11.1 Å². The maximum atomic E-state index is 11.9. The van der Waals surface area contributed by atoms with Gasteiger partial charge in [-0.25, -0.2) is 4.98 Å². The smallest absolute Gasteiger partial charge is 0.226 e. The Balaban J connectivity index is 1.76. The van der Waals surface area contributed by atoms with E-state index in [1.165, 1.54) is 11.3 Å². The number of carbonyl (C=O) groups is 1. The van der Waals surface area contributed by atoms with Crippen molar-refractivity contribution in [2.45, 2.75) is 39.2 Å². The van der Waals surface area contributed by atoms with Crippen LogP contribution in [-0.4, -0.2) is 34.5 Å². The summed E-state index contributed by atoms with van der Waals surface area (Å²) in [6.45, 7) is 4.37. The van der Waals surface area contributed by atoms with E-state index < -0.39 is 0 Å². The van der Waals surface area contributed by atoms with E-state index in [-0.39, 0.29) is 5.91 Å². The third kappa shape index (κ3) is 3.77. The topological polar surface area (TPSA) is 83.8 Å². The second kappa shape index (κ2) is 6.81. The molecule has 1 heterocycles. The normalized spacial score (nSPS) is 22.4. The molecule has 2 N–H and O–H groups in total. The molecule has 7 heteroatoms. The van der Waals surface area contributed by atoms with Gasteiger partial charge >= 0.3 is 0 Å². The van der Waals surface area contributed by atoms with Gasteiger partial charge in [-0.1, -0.05) is 5.16 Å². The zero-order valence-corrected chi connectivity index (χ0v) is 12.4. The minimum absolute atomic E-state index is 0.0237. The molecule has 1 aliphatic carbocycles. The predicted octanol–water partition coefficient (Wildman–Crippen LogP) is 2.49. The van der Waals surface area contributed by atoms with Crippen molar-refractivity contribution in [3.63, 3.8) is 0 Å². The summed E-state index contributed by atoms with van der Waals surface area (Å²) >= 11 is 1.32. The van der Waals surface area contributed by atoms with E-state index in [9.17, 15) is 4.79 Å². The molecule has 6 nitrogen and oxygen atoms in total. The fourth-order valence-corrected chi connectivity index (χ4v) is 2.96. The number of rotatable bonds is 6. The molecule has 2 rings (SSSR count). The number of nitrogens with zero attached hydrogens (tertiary/aromatic N) is 2. The molecule has 0 atom stereocenters. The predicted molar refractivity (Wildman–Crippen MR) is 77.5 cm³/mol. The molecule has 1 aromatic heterocycles. The first kappa shape index (κ1) is 14.9. The second-order valence-corrected chi connectivity index (χ2v) is 5.75. The van der Waals surface area contributed by atoms with Gasteiger partial charge < -0.3 is 15.3 Å². The Hall–Kier alpha value is -1.47. The number of oxime groups is 1. The van der Waals surface area contributed by atoms with Gasteiger partial charge in [0.15, 0.2) is 5.13 Å². The molecule has 0 radical (unpaired) electrons.